The lowest BCUT2D eigenvalue weighted by atomic mass is 10.1. The first-order valence-corrected chi connectivity index (χ1v) is 6.50. The van der Waals surface area contributed by atoms with E-state index >= 15 is 0 Å². The Morgan fingerprint density at radius 2 is 2.12 bits per heavy atom. The zero-order valence-corrected chi connectivity index (χ0v) is 10.8. The van der Waals surface area contributed by atoms with Crippen molar-refractivity contribution < 1.29 is 4.39 Å². The molecule has 0 spiro atoms. The Morgan fingerprint density at radius 1 is 1.41 bits per heavy atom. The van der Waals surface area contributed by atoms with Crippen LogP contribution in [0.4, 0.5) is 4.39 Å². The van der Waals surface area contributed by atoms with Crippen LogP contribution in [0, 0.1) is 5.92 Å². The van der Waals surface area contributed by atoms with E-state index in [1.54, 1.807) is 0 Å². The number of rotatable bonds is 4. The van der Waals surface area contributed by atoms with Crippen molar-refractivity contribution in [2.24, 2.45) is 5.92 Å². The molecule has 3 nitrogen and oxygen atoms in total. The quantitative estimate of drug-likeness (QED) is 0.805. The third-order valence-electron chi connectivity index (χ3n) is 3.26. The summed E-state index contributed by atoms with van der Waals surface area (Å²) in [6.45, 7) is 8.06. The van der Waals surface area contributed by atoms with Crippen LogP contribution in [0.2, 0.25) is 0 Å². The van der Waals surface area contributed by atoms with Crippen LogP contribution < -0.4 is 0 Å². The predicted molar refractivity (Wildman–Crippen MR) is 66.5 cm³/mol. The first-order valence-electron chi connectivity index (χ1n) is 6.50. The Kier molecular flexibility index (Phi) is 4.15. The van der Waals surface area contributed by atoms with Crippen molar-refractivity contribution in [3.8, 4) is 0 Å². The molecule has 1 saturated heterocycles. The van der Waals surface area contributed by atoms with Crippen LogP contribution in [-0.4, -0.2) is 33.7 Å². The molecule has 1 aromatic heterocycles. The fraction of sp³-hybridized carbons (Fsp3) is 0.769. The number of nitrogens with zero attached hydrogens (tertiary/aromatic N) is 3. The molecule has 4 heteroatoms. The molecule has 0 radical (unpaired) electrons. The minimum atomic E-state index is -0.591. The van der Waals surface area contributed by atoms with Crippen molar-refractivity contribution in [2.45, 2.75) is 46.0 Å². The van der Waals surface area contributed by atoms with Gasteiger partial charge in [-0.3, -0.25) is 4.90 Å². The molecular formula is C13H22FN3. The summed E-state index contributed by atoms with van der Waals surface area (Å²) in [6, 6.07) is 0. The number of hydrogen-bond donors (Lipinski definition) is 0. The Labute approximate surface area is 103 Å². The zero-order chi connectivity index (χ0) is 12.3. The summed E-state index contributed by atoms with van der Waals surface area (Å²) in [5, 5.41) is 0. The van der Waals surface area contributed by atoms with E-state index in [4.69, 9.17) is 0 Å². The van der Waals surface area contributed by atoms with Gasteiger partial charge in [-0.05, 0) is 18.8 Å². The number of piperidine rings is 1. The molecule has 0 N–H and O–H groups in total. The van der Waals surface area contributed by atoms with E-state index in [0.717, 1.165) is 26.2 Å². The van der Waals surface area contributed by atoms with Gasteiger partial charge in [0, 0.05) is 32.4 Å². The number of likely N-dealkylation sites (tertiary alicyclic amines) is 1. The molecule has 17 heavy (non-hydrogen) atoms. The smallest absolute Gasteiger partial charge is 0.103 e. The molecule has 1 fully saturated rings. The average Bonchev–Trinajstić information content (AvgIpc) is 2.68. The van der Waals surface area contributed by atoms with Crippen molar-refractivity contribution in [1.29, 1.82) is 0 Å². The maximum absolute atomic E-state index is 13.0. The normalized spacial score (nSPS) is 19.1. The largest absolute Gasteiger partial charge is 0.333 e. The minimum Gasteiger partial charge on any atom is -0.333 e. The van der Waals surface area contributed by atoms with Gasteiger partial charge < -0.3 is 4.57 Å². The molecule has 2 rings (SSSR count). The van der Waals surface area contributed by atoms with E-state index < -0.39 is 6.17 Å². The van der Waals surface area contributed by atoms with E-state index in [-0.39, 0.29) is 0 Å². The van der Waals surface area contributed by atoms with Gasteiger partial charge in [0.25, 0.3) is 0 Å². The average molecular weight is 239 g/mol. The Morgan fingerprint density at radius 3 is 2.76 bits per heavy atom. The molecule has 1 aromatic rings. The molecule has 0 aromatic carbocycles. The number of alkyl halides is 1. The highest BCUT2D eigenvalue weighted by Crippen LogP contribution is 2.16. The molecule has 0 aliphatic carbocycles. The summed E-state index contributed by atoms with van der Waals surface area (Å²) in [4.78, 5) is 6.54. The van der Waals surface area contributed by atoms with Gasteiger partial charge in [-0.15, -0.1) is 0 Å². The first-order chi connectivity index (χ1) is 8.15. The molecule has 96 valence electrons. The van der Waals surface area contributed by atoms with Gasteiger partial charge in [-0.2, -0.15) is 0 Å². The van der Waals surface area contributed by atoms with Crippen LogP contribution in [0.15, 0.2) is 12.5 Å². The Bertz CT molecular complexity index is 340. The highest BCUT2D eigenvalue weighted by molar-refractivity contribution is 4.99. The highest BCUT2D eigenvalue weighted by atomic mass is 19.1. The van der Waals surface area contributed by atoms with Crippen LogP contribution in [0.5, 0.6) is 0 Å². The van der Waals surface area contributed by atoms with Crippen LogP contribution >= 0.6 is 0 Å². The van der Waals surface area contributed by atoms with Gasteiger partial charge >= 0.3 is 0 Å². The Balaban J connectivity index is 1.92. The second-order valence-electron chi connectivity index (χ2n) is 5.38. The van der Waals surface area contributed by atoms with Gasteiger partial charge in [0.15, 0.2) is 0 Å². The second kappa shape index (κ2) is 5.63. The molecule has 1 aliphatic rings. The lowest BCUT2D eigenvalue weighted by Gasteiger charge is -2.28. The van der Waals surface area contributed by atoms with E-state index in [1.807, 2.05) is 12.5 Å². The minimum absolute atomic E-state index is 0.591. The number of imidazole rings is 1. The van der Waals surface area contributed by atoms with Crippen molar-refractivity contribution in [2.75, 3.05) is 13.1 Å². The zero-order valence-electron chi connectivity index (χ0n) is 10.8. The summed E-state index contributed by atoms with van der Waals surface area (Å²) < 4.78 is 15.3. The predicted octanol–water partition coefficient (Wildman–Crippen LogP) is 2.47. The van der Waals surface area contributed by atoms with Crippen LogP contribution in [0.25, 0.3) is 0 Å². The van der Waals surface area contributed by atoms with Crippen LogP contribution in [0.1, 0.15) is 32.4 Å². The summed E-state index contributed by atoms with van der Waals surface area (Å²) in [5.74, 6) is 0.625. The fourth-order valence-corrected chi connectivity index (χ4v) is 2.33. The van der Waals surface area contributed by atoms with Gasteiger partial charge in [0.2, 0.25) is 0 Å². The van der Waals surface area contributed by atoms with E-state index in [0.29, 0.717) is 18.8 Å². The van der Waals surface area contributed by atoms with Crippen LogP contribution in [0.3, 0.4) is 0 Å². The molecule has 0 unspecified atom stereocenters. The van der Waals surface area contributed by atoms with Crippen molar-refractivity contribution in [3.05, 3.63) is 18.2 Å². The molecule has 0 amide bonds. The molecular weight excluding hydrogens is 217 g/mol. The molecule has 0 saturated carbocycles. The second-order valence-corrected chi connectivity index (χ2v) is 5.38. The molecule has 2 heterocycles. The molecule has 0 bridgehead atoms. The number of halogens is 1. The SMILES string of the molecule is CC(C)Cn1cncc1CN1CCC(F)CC1. The number of hydrogen-bond acceptors (Lipinski definition) is 2. The monoisotopic (exact) mass is 239 g/mol. The van der Waals surface area contributed by atoms with Crippen molar-refractivity contribution in [3.63, 3.8) is 0 Å². The number of aromatic nitrogens is 2. The summed E-state index contributed by atoms with van der Waals surface area (Å²) >= 11 is 0. The third-order valence-corrected chi connectivity index (χ3v) is 3.26. The van der Waals surface area contributed by atoms with E-state index in [2.05, 4.69) is 28.3 Å². The highest BCUT2D eigenvalue weighted by Gasteiger charge is 2.19. The van der Waals surface area contributed by atoms with E-state index in [9.17, 15) is 4.39 Å². The standard InChI is InChI=1S/C13H22FN3/c1-11(2)8-17-10-15-7-13(17)9-16-5-3-12(14)4-6-16/h7,10-12H,3-6,8-9H2,1-2H3. The molecule has 1 aliphatic heterocycles. The summed E-state index contributed by atoms with van der Waals surface area (Å²) in [5.41, 5.74) is 1.25. The maximum atomic E-state index is 13.0. The van der Waals surface area contributed by atoms with Gasteiger partial charge in [0.1, 0.15) is 6.17 Å². The molecule has 0 atom stereocenters. The van der Waals surface area contributed by atoms with Crippen LogP contribution in [-0.2, 0) is 13.1 Å². The fourth-order valence-electron chi connectivity index (χ4n) is 2.33. The third kappa shape index (κ3) is 3.53. The summed E-state index contributed by atoms with van der Waals surface area (Å²) in [7, 11) is 0. The lowest BCUT2D eigenvalue weighted by molar-refractivity contribution is 0.142. The van der Waals surface area contributed by atoms with Crippen molar-refractivity contribution >= 4 is 0 Å². The summed E-state index contributed by atoms with van der Waals surface area (Å²) in [6.07, 6.45) is 4.60. The van der Waals surface area contributed by atoms with Gasteiger partial charge in [-0.1, -0.05) is 13.8 Å². The maximum Gasteiger partial charge on any atom is 0.103 e. The lowest BCUT2D eigenvalue weighted by Crippen LogP contribution is -2.34. The van der Waals surface area contributed by atoms with Crippen molar-refractivity contribution in [1.82, 2.24) is 14.5 Å². The van der Waals surface area contributed by atoms with E-state index in [1.165, 1.54) is 5.69 Å². The topological polar surface area (TPSA) is 21.1 Å². The Hall–Kier alpha value is -0.900. The van der Waals surface area contributed by atoms with Gasteiger partial charge in [-0.25, -0.2) is 9.37 Å². The first kappa shape index (κ1) is 12.6. The van der Waals surface area contributed by atoms with Gasteiger partial charge in [0.05, 0.1) is 12.0 Å².